The summed E-state index contributed by atoms with van der Waals surface area (Å²) in [7, 11) is 0. The Morgan fingerprint density at radius 1 is 1.31 bits per heavy atom. The summed E-state index contributed by atoms with van der Waals surface area (Å²) >= 11 is 0. The summed E-state index contributed by atoms with van der Waals surface area (Å²) in [6.07, 6.45) is 4.69. The lowest BCUT2D eigenvalue weighted by molar-refractivity contribution is -0.127. The molecule has 1 saturated heterocycles. The van der Waals surface area contributed by atoms with Gasteiger partial charge in [0.15, 0.2) is 0 Å². The third-order valence-corrected chi connectivity index (χ3v) is 3.93. The zero-order chi connectivity index (χ0) is 12.1. The van der Waals surface area contributed by atoms with Crippen LogP contribution in [0.15, 0.2) is 0 Å². The summed E-state index contributed by atoms with van der Waals surface area (Å²) < 4.78 is 0. The van der Waals surface area contributed by atoms with E-state index in [1.54, 1.807) is 0 Å². The Labute approximate surface area is 100 Å². The molecule has 1 fully saturated rings. The first kappa shape index (κ1) is 13.7. The first-order valence-electron chi connectivity index (χ1n) is 6.79. The van der Waals surface area contributed by atoms with Crippen molar-refractivity contribution in [3.05, 3.63) is 0 Å². The van der Waals surface area contributed by atoms with Crippen molar-refractivity contribution in [3.8, 4) is 0 Å². The van der Waals surface area contributed by atoms with Gasteiger partial charge in [0.05, 0.1) is 0 Å². The van der Waals surface area contributed by atoms with E-state index in [9.17, 15) is 4.79 Å². The van der Waals surface area contributed by atoms with E-state index in [-0.39, 0.29) is 5.92 Å². The number of hydrogen-bond acceptors (Lipinski definition) is 2. The molecule has 0 bridgehead atoms. The minimum absolute atomic E-state index is 0.235. The lowest BCUT2D eigenvalue weighted by Gasteiger charge is -2.37. The number of rotatable bonds is 5. The molecule has 0 aliphatic carbocycles. The molecule has 1 aliphatic heterocycles. The quantitative estimate of drug-likeness (QED) is 0.670. The molecule has 0 aromatic rings. The van der Waals surface area contributed by atoms with Crippen LogP contribution in [0.25, 0.3) is 0 Å². The molecule has 2 heteroatoms. The van der Waals surface area contributed by atoms with Crippen LogP contribution in [-0.4, -0.2) is 29.8 Å². The topological polar surface area (TPSA) is 20.3 Å². The molecule has 0 amide bonds. The van der Waals surface area contributed by atoms with Crippen LogP contribution in [0.5, 0.6) is 0 Å². The Bertz CT molecular complexity index is 225. The average molecular weight is 225 g/mol. The maximum Gasteiger partial charge on any atom is 0.138 e. The van der Waals surface area contributed by atoms with Crippen molar-refractivity contribution in [3.63, 3.8) is 0 Å². The van der Waals surface area contributed by atoms with Crippen LogP contribution < -0.4 is 0 Å². The molecule has 1 heterocycles. The smallest absolute Gasteiger partial charge is 0.138 e. The second-order valence-corrected chi connectivity index (χ2v) is 5.67. The van der Waals surface area contributed by atoms with Crippen LogP contribution >= 0.6 is 0 Å². The number of unbranched alkanes of at least 4 members (excludes halogenated alkanes) is 1. The van der Waals surface area contributed by atoms with Gasteiger partial charge in [0.25, 0.3) is 0 Å². The van der Waals surface area contributed by atoms with Gasteiger partial charge in [-0.3, -0.25) is 9.69 Å². The SMILES string of the molecule is CC(C)CCCCN1CCC(=O)C(C)C1C. The second-order valence-electron chi connectivity index (χ2n) is 5.67. The highest BCUT2D eigenvalue weighted by atomic mass is 16.1. The van der Waals surface area contributed by atoms with E-state index in [1.807, 2.05) is 0 Å². The van der Waals surface area contributed by atoms with Crippen LogP contribution in [0.2, 0.25) is 0 Å². The normalized spacial score (nSPS) is 27.7. The Morgan fingerprint density at radius 3 is 2.62 bits per heavy atom. The van der Waals surface area contributed by atoms with Gasteiger partial charge in [0, 0.05) is 24.9 Å². The van der Waals surface area contributed by atoms with Crippen molar-refractivity contribution in [2.75, 3.05) is 13.1 Å². The number of hydrogen-bond donors (Lipinski definition) is 0. The minimum atomic E-state index is 0.235. The van der Waals surface area contributed by atoms with E-state index >= 15 is 0 Å². The van der Waals surface area contributed by atoms with Gasteiger partial charge >= 0.3 is 0 Å². The second kappa shape index (κ2) is 6.39. The number of piperidine rings is 1. The summed E-state index contributed by atoms with van der Waals surface area (Å²) in [6, 6.07) is 0.445. The molecule has 0 saturated carbocycles. The van der Waals surface area contributed by atoms with Gasteiger partial charge in [-0.05, 0) is 25.8 Å². The fourth-order valence-electron chi connectivity index (χ4n) is 2.45. The number of carbonyl (C=O) groups excluding carboxylic acids is 1. The van der Waals surface area contributed by atoms with Crippen molar-refractivity contribution < 1.29 is 4.79 Å². The van der Waals surface area contributed by atoms with Crippen molar-refractivity contribution in [1.29, 1.82) is 0 Å². The minimum Gasteiger partial charge on any atom is -0.300 e. The van der Waals surface area contributed by atoms with Gasteiger partial charge in [-0.15, -0.1) is 0 Å². The molecule has 94 valence electrons. The zero-order valence-electron chi connectivity index (χ0n) is 11.3. The Hall–Kier alpha value is -0.370. The van der Waals surface area contributed by atoms with E-state index < -0.39 is 0 Å². The first-order chi connectivity index (χ1) is 7.52. The summed E-state index contributed by atoms with van der Waals surface area (Å²) in [5.74, 6) is 1.50. The number of nitrogens with zero attached hydrogens (tertiary/aromatic N) is 1. The predicted octanol–water partition coefficient (Wildman–Crippen LogP) is 3.11. The molecular formula is C14H27NO. The highest BCUT2D eigenvalue weighted by molar-refractivity contribution is 5.82. The summed E-state index contributed by atoms with van der Waals surface area (Å²) in [4.78, 5) is 14.0. The highest BCUT2D eigenvalue weighted by Gasteiger charge is 2.29. The van der Waals surface area contributed by atoms with Crippen molar-refractivity contribution >= 4 is 5.78 Å². The van der Waals surface area contributed by atoms with Gasteiger partial charge in [-0.25, -0.2) is 0 Å². The van der Waals surface area contributed by atoms with Gasteiger partial charge in [0.1, 0.15) is 5.78 Å². The maximum atomic E-state index is 11.5. The van der Waals surface area contributed by atoms with Crippen molar-refractivity contribution in [2.45, 2.75) is 59.4 Å². The van der Waals surface area contributed by atoms with Crippen LogP contribution in [0.3, 0.4) is 0 Å². The molecule has 2 unspecified atom stereocenters. The standard InChI is InChI=1S/C14H27NO/c1-11(2)7-5-6-9-15-10-8-14(16)12(3)13(15)4/h11-13H,5-10H2,1-4H3. The molecule has 16 heavy (non-hydrogen) atoms. The number of likely N-dealkylation sites (tertiary alicyclic amines) is 1. The van der Waals surface area contributed by atoms with Crippen molar-refractivity contribution in [1.82, 2.24) is 4.90 Å². The largest absolute Gasteiger partial charge is 0.300 e. The van der Waals surface area contributed by atoms with Gasteiger partial charge in [-0.2, -0.15) is 0 Å². The molecular weight excluding hydrogens is 198 g/mol. The van der Waals surface area contributed by atoms with Crippen LogP contribution in [0.1, 0.15) is 53.4 Å². The summed E-state index contributed by atoms with van der Waals surface area (Å²) in [5, 5.41) is 0. The molecule has 0 radical (unpaired) electrons. The lowest BCUT2D eigenvalue weighted by Crippen LogP contribution is -2.47. The van der Waals surface area contributed by atoms with Gasteiger partial charge < -0.3 is 0 Å². The number of Topliss-reactive ketones (excluding diaryl/α,β-unsaturated/α-hetero) is 1. The third kappa shape index (κ3) is 3.89. The molecule has 1 rings (SSSR count). The Morgan fingerprint density at radius 2 is 2.00 bits per heavy atom. The number of ketones is 1. The number of carbonyl (C=O) groups is 1. The lowest BCUT2D eigenvalue weighted by atomic mass is 9.90. The fraction of sp³-hybridized carbons (Fsp3) is 0.929. The molecule has 1 aliphatic rings. The maximum absolute atomic E-state index is 11.5. The van der Waals surface area contributed by atoms with Crippen LogP contribution in [0, 0.1) is 11.8 Å². The molecule has 0 N–H and O–H groups in total. The first-order valence-corrected chi connectivity index (χ1v) is 6.79. The fourth-order valence-corrected chi connectivity index (χ4v) is 2.45. The van der Waals surface area contributed by atoms with Crippen LogP contribution in [-0.2, 0) is 4.79 Å². The van der Waals surface area contributed by atoms with E-state index in [4.69, 9.17) is 0 Å². The summed E-state index contributed by atoms with van der Waals surface area (Å²) in [6.45, 7) is 11.0. The third-order valence-electron chi connectivity index (χ3n) is 3.93. The van der Waals surface area contributed by atoms with E-state index in [2.05, 4.69) is 32.6 Å². The monoisotopic (exact) mass is 225 g/mol. The van der Waals surface area contributed by atoms with E-state index in [1.165, 1.54) is 25.8 Å². The molecule has 0 aromatic carbocycles. The van der Waals surface area contributed by atoms with E-state index in [0.717, 1.165) is 18.9 Å². The Balaban J connectivity index is 2.24. The Kier molecular flexibility index (Phi) is 5.47. The average Bonchev–Trinajstić information content (AvgIpc) is 2.23. The molecule has 2 atom stereocenters. The van der Waals surface area contributed by atoms with Crippen molar-refractivity contribution in [2.24, 2.45) is 11.8 Å². The molecule has 0 spiro atoms. The van der Waals surface area contributed by atoms with E-state index in [0.29, 0.717) is 11.8 Å². The van der Waals surface area contributed by atoms with Crippen LogP contribution in [0.4, 0.5) is 0 Å². The zero-order valence-corrected chi connectivity index (χ0v) is 11.3. The van der Waals surface area contributed by atoms with Gasteiger partial charge in [0.2, 0.25) is 0 Å². The highest BCUT2D eigenvalue weighted by Crippen LogP contribution is 2.20. The summed E-state index contributed by atoms with van der Waals surface area (Å²) in [5.41, 5.74) is 0. The predicted molar refractivity (Wildman–Crippen MR) is 68.5 cm³/mol. The molecule has 0 aromatic heterocycles. The molecule has 2 nitrogen and oxygen atoms in total. The van der Waals surface area contributed by atoms with Gasteiger partial charge in [-0.1, -0.05) is 33.6 Å².